The van der Waals surface area contributed by atoms with E-state index in [1.54, 1.807) is 22.7 Å². The van der Waals surface area contributed by atoms with Crippen LogP contribution in [0.4, 0.5) is 0 Å². The molecule has 2 aromatic heterocycles. The fraction of sp³-hybridized carbons (Fsp3) is 0.333. The number of fused-ring (bicyclic) bond motifs is 1. The molecule has 1 fully saturated rings. The van der Waals surface area contributed by atoms with Crippen LogP contribution in [0.1, 0.15) is 37.7 Å². The molecule has 5 nitrogen and oxygen atoms in total. The van der Waals surface area contributed by atoms with Gasteiger partial charge in [-0.15, -0.1) is 22.7 Å². The van der Waals surface area contributed by atoms with E-state index in [9.17, 15) is 0 Å². The minimum Gasteiger partial charge on any atom is -0.454 e. The number of hydrogen-bond acceptors (Lipinski definition) is 6. The van der Waals surface area contributed by atoms with Gasteiger partial charge in [0, 0.05) is 5.38 Å². The van der Waals surface area contributed by atoms with Gasteiger partial charge in [0.25, 0.3) is 0 Å². The lowest BCUT2D eigenvalue weighted by molar-refractivity contribution is 0.174. The van der Waals surface area contributed by atoms with Crippen LogP contribution >= 0.6 is 22.7 Å². The quantitative estimate of drug-likeness (QED) is 0.559. The van der Waals surface area contributed by atoms with Crippen molar-refractivity contribution < 1.29 is 9.47 Å². The van der Waals surface area contributed by atoms with Crippen LogP contribution in [-0.2, 0) is 0 Å². The van der Waals surface area contributed by atoms with E-state index in [0.29, 0.717) is 6.04 Å². The normalized spacial score (nSPS) is 17.6. The van der Waals surface area contributed by atoms with Crippen molar-refractivity contribution in [2.45, 2.75) is 38.1 Å². The van der Waals surface area contributed by atoms with E-state index >= 15 is 0 Å². The summed E-state index contributed by atoms with van der Waals surface area (Å²) in [6, 6.07) is 10.5. The van der Waals surface area contributed by atoms with Crippen LogP contribution in [0, 0.1) is 0 Å². The Morgan fingerprint density at radius 1 is 1.04 bits per heavy atom. The molecule has 0 bridgehead atoms. The second-order valence-corrected chi connectivity index (χ2v) is 8.76. The van der Waals surface area contributed by atoms with Crippen LogP contribution in [0.2, 0.25) is 0 Å². The summed E-state index contributed by atoms with van der Waals surface area (Å²) in [4.78, 5) is 7.21. The Bertz CT molecular complexity index is 1040. The van der Waals surface area contributed by atoms with Gasteiger partial charge in [-0.3, -0.25) is 4.99 Å². The molecule has 2 aliphatic rings. The largest absolute Gasteiger partial charge is 0.454 e. The molecular formula is C21H21N3O2S2. The standard InChI is InChI=1S/C21H21N3O2S2/c1-2-5-16(6-3-1)23-21-24(17(13-28-21)20-7-4-10-27-20)22-12-15-8-9-18-19(11-15)26-14-25-18/h4,7-13,16H,1-3,5-6,14H2. The van der Waals surface area contributed by atoms with Crippen LogP contribution < -0.4 is 14.3 Å². The van der Waals surface area contributed by atoms with Gasteiger partial charge >= 0.3 is 0 Å². The summed E-state index contributed by atoms with van der Waals surface area (Å²) >= 11 is 3.39. The molecule has 0 N–H and O–H groups in total. The Labute approximate surface area is 171 Å². The van der Waals surface area contributed by atoms with Crippen LogP contribution in [0.25, 0.3) is 10.6 Å². The highest BCUT2D eigenvalue weighted by molar-refractivity contribution is 7.14. The van der Waals surface area contributed by atoms with E-state index in [4.69, 9.17) is 19.6 Å². The Morgan fingerprint density at radius 3 is 2.79 bits per heavy atom. The number of hydrogen-bond donors (Lipinski definition) is 0. The number of ether oxygens (including phenoxy) is 2. The summed E-state index contributed by atoms with van der Waals surface area (Å²) in [5.41, 5.74) is 2.07. The van der Waals surface area contributed by atoms with Crippen LogP contribution in [0.3, 0.4) is 0 Å². The average molecular weight is 412 g/mol. The minimum absolute atomic E-state index is 0.280. The Kier molecular flexibility index (Phi) is 5.01. The van der Waals surface area contributed by atoms with Crippen LogP contribution in [-0.4, -0.2) is 23.7 Å². The van der Waals surface area contributed by atoms with Gasteiger partial charge in [-0.05, 0) is 48.1 Å². The third-order valence-corrected chi connectivity index (χ3v) is 6.77. The molecule has 28 heavy (non-hydrogen) atoms. The molecule has 5 rings (SSSR count). The van der Waals surface area contributed by atoms with E-state index in [0.717, 1.165) is 27.6 Å². The topological polar surface area (TPSA) is 48.1 Å². The molecule has 1 aliphatic heterocycles. The minimum atomic E-state index is 0.280. The monoisotopic (exact) mass is 411 g/mol. The third-order valence-electron chi connectivity index (χ3n) is 5.05. The first-order chi connectivity index (χ1) is 13.9. The molecule has 1 saturated carbocycles. The number of thiazole rings is 1. The molecule has 0 spiro atoms. The molecule has 0 radical (unpaired) electrons. The van der Waals surface area contributed by atoms with Crippen LogP contribution in [0.15, 0.2) is 51.2 Å². The number of thiophene rings is 1. The maximum Gasteiger partial charge on any atom is 0.231 e. The summed E-state index contributed by atoms with van der Waals surface area (Å²) in [6.07, 6.45) is 8.11. The van der Waals surface area contributed by atoms with Crippen LogP contribution in [0.5, 0.6) is 11.5 Å². The Balaban J connectivity index is 1.52. The molecule has 0 saturated heterocycles. The fourth-order valence-corrected chi connectivity index (χ4v) is 5.28. The van der Waals surface area contributed by atoms with Gasteiger partial charge < -0.3 is 9.47 Å². The summed E-state index contributed by atoms with van der Waals surface area (Å²) in [5, 5.41) is 9.05. The molecule has 1 aliphatic carbocycles. The summed E-state index contributed by atoms with van der Waals surface area (Å²) in [6.45, 7) is 0.280. The van der Waals surface area contributed by atoms with Gasteiger partial charge in [0.1, 0.15) is 0 Å². The molecule has 1 aromatic carbocycles. The lowest BCUT2D eigenvalue weighted by Crippen LogP contribution is -2.18. The third kappa shape index (κ3) is 3.64. The number of benzene rings is 1. The van der Waals surface area contributed by atoms with Crippen molar-refractivity contribution in [1.82, 2.24) is 4.68 Å². The second kappa shape index (κ2) is 7.93. The Hall–Kier alpha value is -2.38. The highest BCUT2D eigenvalue weighted by atomic mass is 32.1. The Morgan fingerprint density at radius 2 is 1.93 bits per heavy atom. The van der Waals surface area contributed by atoms with E-state index < -0.39 is 0 Å². The van der Waals surface area contributed by atoms with Crippen molar-refractivity contribution in [3.05, 3.63) is 51.5 Å². The smallest absolute Gasteiger partial charge is 0.231 e. The lowest BCUT2D eigenvalue weighted by atomic mass is 9.96. The molecule has 3 aromatic rings. The lowest BCUT2D eigenvalue weighted by Gasteiger charge is -2.16. The summed E-state index contributed by atoms with van der Waals surface area (Å²) in [7, 11) is 0. The number of nitrogens with zero attached hydrogens (tertiary/aromatic N) is 3. The van der Waals surface area contributed by atoms with Crippen molar-refractivity contribution in [2.24, 2.45) is 10.1 Å². The van der Waals surface area contributed by atoms with Gasteiger partial charge in [0.2, 0.25) is 11.6 Å². The number of aromatic nitrogens is 1. The predicted octanol–water partition coefficient (Wildman–Crippen LogP) is 5.12. The van der Waals surface area contributed by atoms with Gasteiger partial charge in [-0.2, -0.15) is 5.10 Å². The molecule has 144 valence electrons. The van der Waals surface area contributed by atoms with E-state index in [1.807, 2.05) is 29.1 Å². The molecule has 0 atom stereocenters. The number of rotatable bonds is 4. The average Bonchev–Trinajstić information content (AvgIpc) is 3.47. The van der Waals surface area contributed by atoms with Crippen molar-refractivity contribution in [2.75, 3.05) is 6.79 Å². The second-order valence-electron chi connectivity index (χ2n) is 6.97. The summed E-state index contributed by atoms with van der Waals surface area (Å²) in [5.74, 6) is 1.55. The maximum atomic E-state index is 5.48. The predicted molar refractivity (Wildman–Crippen MR) is 114 cm³/mol. The highest BCUT2D eigenvalue weighted by Crippen LogP contribution is 2.32. The molecule has 7 heteroatoms. The van der Waals surface area contributed by atoms with Gasteiger partial charge in [-0.1, -0.05) is 25.3 Å². The first-order valence-corrected chi connectivity index (χ1v) is 11.3. The summed E-state index contributed by atoms with van der Waals surface area (Å²) < 4.78 is 12.9. The van der Waals surface area contributed by atoms with Gasteiger partial charge in [0.05, 0.1) is 22.8 Å². The van der Waals surface area contributed by atoms with E-state index in [1.165, 1.54) is 37.0 Å². The van der Waals surface area contributed by atoms with Gasteiger partial charge in [0.15, 0.2) is 11.5 Å². The first kappa shape index (κ1) is 17.7. The van der Waals surface area contributed by atoms with Gasteiger partial charge in [-0.25, -0.2) is 4.68 Å². The SMILES string of the molecule is C(=Nn1c(-c2cccs2)csc1=NC1CCCCC1)c1ccc2c(c1)OCO2. The van der Waals surface area contributed by atoms with E-state index in [-0.39, 0.29) is 6.79 Å². The molecule has 0 unspecified atom stereocenters. The first-order valence-electron chi connectivity index (χ1n) is 9.59. The fourth-order valence-electron chi connectivity index (χ4n) is 3.58. The molecule has 3 heterocycles. The van der Waals surface area contributed by atoms with Crippen molar-refractivity contribution in [1.29, 1.82) is 0 Å². The maximum absolute atomic E-state index is 5.48. The zero-order valence-electron chi connectivity index (χ0n) is 15.4. The van der Waals surface area contributed by atoms with Crippen molar-refractivity contribution >= 4 is 28.9 Å². The van der Waals surface area contributed by atoms with E-state index in [2.05, 4.69) is 22.9 Å². The van der Waals surface area contributed by atoms with Crippen molar-refractivity contribution in [3.63, 3.8) is 0 Å². The van der Waals surface area contributed by atoms with Crippen molar-refractivity contribution in [3.8, 4) is 22.1 Å². The molecular weight excluding hydrogens is 390 g/mol. The zero-order valence-corrected chi connectivity index (χ0v) is 17.0. The highest BCUT2D eigenvalue weighted by Gasteiger charge is 2.15. The molecule has 0 amide bonds. The zero-order chi connectivity index (χ0) is 18.8.